The summed E-state index contributed by atoms with van der Waals surface area (Å²) in [5.41, 5.74) is 26.0. The maximum atomic E-state index is 2.73. The Morgan fingerprint density at radius 1 is 0.352 bits per heavy atom. The molecule has 0 spiro atoms. The molecule has 0 saturated carbocycles. The second-order valence-corrected chi connectivity index (χ2v) is 14.9. The lowest BCUT2D eigenvalue weighted by Crippen LogP contribution is -2.19. The van der Waals surface area contributed by atoms with Gasteiger partial charge in [0.25, 0.3) is 0 Å². The second kappa shape index (κ2) is 12.9. The molecule has 0 aromatic heterocycles. The highest BCUT2D eigenvalue weighted by atomic mass is 15.2. The Labute approximate surface area is 318 Å². The Morgan fingerprint density at radius 2 is 0.833 bits per heavy atom. The molecule has 1 nitrogen and oxygen atoms in total. The van der Waals surface area contributed by atoms with Crippen molar-refractivity contribution >= 4 is 17.1 Å². The monoisotopic (exact) mass is 691 g/mol. The molecule has 0 N–H and O–H groups in total. The molecule has 0 heterocycles. The van der Waals surface area contributed by atoms with Crippen LogP contribution in [0.3, 0.4) is 0 Å². The first-order valence-electron chi connectivity index (χ1n) is 19.1. The van der Waals surface area contributed by atoms with Crippen LogP contribution < -0.4 is 4.90 Å². The fourth-order valence-electron chi connectivity index (χ4n) is 9.19. The molecule has 0 amide bonds. The zero-order valence-corrected chi connectivity index (χ0v) is 31.0. The first kappa shape index (κ1) is 32.2. The molecule has 10 rings (SSSR count). The molecule has 8 aromatic carbocycles. The topological polar surface area (TPSA) is 3.24 Å². The SMILES string of the molecule is Cc1cc2c(c(N(c3c(C)cccc3-c3ccccc3)c3c4c(cc(-c5ccccc5)c3-c3ccccc3)-c3ccccc3C4)c1C)Cc1ccccc1-2. The molecule has 0 atom stereocenters. The molecule has 258 valence electrons. The summed E-state index contributed by atoms with van der Waals surface area (Å²) in [5.74, 6) is 0. The van der Waals surface area contributed by atoms with Crippen molar-refractivity contribution in [2.75, 3.05) is 4.90 Å². The van der Waals surface area contributed by atoms with Gasteiger partial charge in [-0.3, -0.25) is 0 Å². The number of fused-ring (bicyclic) bond motifs is 6. The van der Waals surface area contributed by atoms with Gasteiger partial charge in [-0.05, 0) is 110 Å². The van der Waals surface area contributed by atoms with Crippen LogP contribution in [0, 0.1) is 20.8 Å². The minimum atomic E-state index is 0.867. The molecule has 2 aliphatic rings. The normalized spacial score (nSPS) is 12.2. The van der Waals surface area contributed by atoms with Crippen LogP contribution in [-0.2, 0) is 12.8 Å². The smallest absolute Gasteiger partial charge is 0.0588 e. The molecule has 0 radical (unpaired) electrons. The van der Waals surface area contributed by atoms with Crippen molar-refractivity contribution in [3.8, 4) is 55.6 Å². The van der Waals surface area contributed by atoms with Crippen LogP contribution in [0.5, 0.6) is 0 Å². The van der Waals surface area contributed by atoms with Crippen molar-refractivity contribution in [2.45, 2.75) is 33.6 Å². The molecule has 0 aliphatic heterocycles. The van der Waals surface area contributed by atoms with Gasteiger partial charge in [-0.1, -0.05) is 164 Å². The van der Waals surface area contributed by atoms with E-state index in [9.17, 15) is 0 Å². The zero-order valence-electron chi connectivity index (χ0n) is 31.0. The van der Waals surface area contributed by atoms with E-state index < -0.39 is 0 Å². The van der Waals surface area contributed by atoms with Crippen LogP contribution in [0.15, 0.2) is 170 Å². The number of benzene rings is 8. The van der Waals surface area contributed by atoms with Gasteiger partial charge in [-0.25, -0.2) is 0 Å². The standard InChI is InChI=1S/C53H41N/c1-34-18-17-29-44(37-19-7-4-8-20-37)51(34)54(52-36(3)35(2)30-46-42-27-15-13-25-40(42)31-48(46)52)53-49-32-41-26-14-16-28-43(41)47(49)33-45(38-21-9-5-10-22-38)50(53)39-23-11-6-12-24-39/h4-30,33H,31-32H2,1-3H3. The minimum Gasteiger partial charge on any atom is -0.308 e. The molecule has 2 aliphatic carbocycles. The van der Waals surface area contributed by atoms with Crippen LogP contribution in [0.25, 0.3) is 55.6 Å². The van der Waals surface area contributed by atoms with Gasteiger partial charge in [-0.15, -0.1) is 0 Å². The fourth-order valence-corrected chi connectivity index (χ4v) is 9.19. The van der Waals surface area contributed by atoms with Crippen molar-refractivity contribution in [3.05, 3.63) is 209 Å². The van der Waals surface area contributed by atoms with Crippen molar-refractivity contribution in [1.29, 1.82) is 0 Å². The van der Waals surface area contributed by atoms with Gasteiger partial charge in [0.05, 0.1) is 17.1 Å². The maximum absolute atomic E-state index is 2.73. The van der Waals surface area contributed by atoms with E-state index in [0.29, 0.717) is 0 Å². The average molecular weight is 692 g/mol. The van der Waals surface area contributed by atoms with Crippen LogP contribution in [0.4, 0.5) is 17.1 Å². The lowest BCUT2D eigenvalue weighted by atomic mass is 9.85. The van der Waals surface area contributed by atoms with E-state index >= 15 is 0 Å². The highest BCUT2D eigenvalue weighted by Crippen LogP contribution is 2.58. The number of para-hydroxylation sites is 1. The average Bonchev–Trinajstić information content (AvgIpc) is 3.78. The van der Waals surface area contributed by atoms with Gasteiger partial charge in [0.15, 0.2) is 0 Å². The van der Waals surface area contributed by atoms with Gasteiger partial charge in [0, 0.05) is 24.0 Å². The predicted molar refractivity (Wildman–Crippen MR) is 228 cm³/mol. The summed E-state index contributed by atoms with van der Waals surface area (Å²) >= 11 is 0. The summed E-state index contributed by atoms with van der Waals surface area (Å²) in [7, 11) is 0. The quantitative estimate of drug-likeness (QED) is 0.168. The van der Waals surface area contributed by atoms with Crippen LogP contribution in [0.1, 0.15) is 38.9 Å². The third-order valence-electron chi connectivity index (χ3n) is 11.8. The maximum Gasteiger partial charge on any atom is 0.0588 e. The van der Waals surface area contributed by atoms with Crippen LogP contribution >= 0.6 is 0 Å². The van der Waals surface area contributed by atoms with Crippen molar-refractivity contribution in [3.63, 3.8) is 0 Å². The number of rotatable bonds is 6. The summed E-state index contributed by atoms with van der Waals surface area (Å²) in [6, 6.07) is 62.9. The third-order valence-corrected chi connectivity index (χ3v) is 11.8. The van der Waals surface area contributed by atoms with Crippen LogP contribution in [-0.4, -0.2) is 0 Å². The molecule has 0 unspecified atom stereocenters. The summed E-state index contributed by atoms with van der Waals surface area (Å²) in [5, 5.41) is 0. The summed E-state index contributed by atoms with van der Waals surface area (Å²) in [6.07, 6.45) is 1.76. The summed E-state index contributed by atoms with van der Waals surface area (Å²) in [4.78, 5) is 2.73. The Morgan fingerprint density at radius 3 is 1.44 bits per heavy atom. The molecule has 0 fully saturated rings. The number of nitrogens with zero attached hydrogens (tertiary/aromatic N) is 1. The first-order valence-corrected chi connectivity index (χ1v) is 19.1. The predicted octanol–water partition coefficient (Wildman–Crippen LogP) is 14.2. The fraction of sp³-hybridized carbons (Fsp3) is 0.0943. The lowest BCUT2D eigenvalue weighted by molar-refractivity contribution is 1.13. The first-order chi connectivity index (χ1) is 26.6. The molecule has 1 heteroatoms. The molecular weight excluding hydrogens is 651 g/mol. The van der Waals surface area contributed by atoms with E-state index in [4.69, 9.17) is 0 Å². The third kappa shape index (κ3) is 5.07. The highest BCUT2D eigenvalue weighted by molar-refractivity contribution is 6.06. The van der Waals surface area contributed by atoms with Gasteiger partial charge >= 0.3 is 0 Å². The summed E-state index contributed by atoms with van der Waals surface area (Å²) < 4.78 is 0. The Balaban J connectivity index is 1.42. The summed E-state index contributed by atoms with van der Waals surface area (Å²) in [6.45, 7) is 6.94. The Hall–Kier alpha value is -6.44. The van der Waals surface area contributed by atoms with Crippen molar-refractivity contribution < 1.29 is 0 Å². The van der Waals surface area contributed by atoms with E-state index in [1.165, 1.54) is 112 Å². The van der Waals surface area contributed by atoms with Crippen LogP contribution in [0.2, 0.25) is 0 Å². The van der Waals surface area contributed by atoms with Gasteiger partial charge < -0.3 is 4.90 Å². The number of aryl methyl sites for hydroxylation is 2. The van der Waals surface area contributed by atoms with Crippen molar-refractivity contribution in [2.24, 2.45) is 0 Å². The van der Waals surface area contributed by atoms with Crippen molar-refractivity contribution in [1.82, 2.24) is 0 Å². The second-order valence-electron chi connectivity index (χ2n) is 14.9. The van der Waals surface area contributed by atoms with E-state index in [-0.39, 0.29) is 0 Å². The van der Waals surface area contributed by atoms with E-state index in [2.05, 4.69) is 196 Å². The Kier molecular flexibility index (Phi) is 7.70. The molecule has 8 aromatic rings. The van der Waals surface area contributed by atoms with E-state index in [1.807, 2.05) is 0 Å². The van der Waals surface area contributed by atoms with E-state index in [1.54, 1.807) is 0 Å². The van der Waals surface area contributed by atoms with Gasteiger partial charge in [0.1, 0.15) is 0 Å². The zero-order chi connectivity index (χ0) is 36.3. The minimum absolute atomic E-state index is 0.867. The number of anilines is 3. The van der Waals surface area contributed by atoms with Gasteiger partial charge in [-0.2, -0.15) is 0 Å². The van der Waals surface area contributed by atoms with E-state index in [0.717, 1.165) is 12.8 Å². The Bertz CT molecular complexity index is 2720. The number of hydrogen-bond donors (Lipinski definition) is 0. The lowest BCUT2D eigenvalue weighted by Gasteiger charge is -2.37. The van der Waals surface area contributed by atoms with Gasteiger partial charge in [0.2, 0.25) is 0 Å². The molecule has 0 saturated heterocycles. The molecule has 54 heavy (non-hydrogen) atoms. The number of hydrogen-bond acceptors (Lipinski definition) is 1. The highest BCUT2D eigenvalue weighted by Gasteiger charge is 2.35. The molecule has 0 bridgehead atoms. The largest absolute Gasteiger partial charge is 0.308 e. The molecular formula is C53H41N.